The SMILES string of the molecule is CC(C)C1CCC(Cc2ccc(Cl)cc2)C1(O)Cn1cncn1.CCCCC(O)(Cn1cncn1)c1ccc(Cl)cc1Cl.CNC(=O)Oc1cccc(N=CN(C)C)c1. The number of ether oxygens (including phenoxy) is 1. The van der Waals surface area contributed by atoms with E-state index in [4.69, 9.17) is 39.5 Å². The third-order valence-corrected chi connectivity index (χ3v) is 11.0. The molecule has 5 aromatic rings. The molecule has 13 nitrogen and oxygen atoms in total. The number of aliphatic hydroxyl groups is 2. The molecule has 3 aromatic carbocycles. The summed E-state index contributed by atoms with van der Waals surface area (Å²) in [6.07, 6.45) is 12.9. The smallest absolute Gasteiger partial charge is 0.410 e. The van der Waals surface area contributed by atoms with E-state index in [0.29, 0.717) is 46.8 Å². The van der Waals surface area contributed by atoms with Crippen molar-refractivity contribution >= 4 is 52.9 Å². The first-order valence-corrected chi connectivity index (χ1v) is 20.8. The molecule has 2 aromatic heterocycles. The number of carbonyl (C=O) groups is 1. The monoisotopic (exact) mass is 867 g/mol. The lowest BCUT2D eigenvalue weighted by Crippen LogP contribution is -2.46. The van der Waals surface area contributed by atoms with E-state index in [2.05, 4.69) is 63.4 Å². The molecule has 2 heterocycles. The number of amides is 1. The number of hydrogen-bond acceptors (Lipinski definition) is 9. The Morgan fingerprint density at radius 3 is 2.29 bits per heavy atom. The molecule has 59 heavy (non-hydrogen) atoms. The van der Waals surface area contributed by atoms with E-state index in [1.54, 1.807) is 64.8 Å². The van der Waals surface area contributed by atoms with Gasteiger partial charge in [0.2, 0.25) is 0 Å². The fourth-order valence-electron chi connectivity index (χ4n) is 7.28. The lowest BCUT2D eigenvalue weighted by Gasteiger charge is -2.37. The van der Waals surface area contributed by atoms with Crippen molar-refractivity contribution in [2.45, 2.75) is 83.6 Å². The average molecular weight is 869 g/mol. The van der Waals surface area contributed by atoms with Gasteiger partial charge < -0.3 is 25.2 Å². The first-order chi connectivity index (χ1) is 28.1. The number of aromatic nitrogens is 6. The molecule has 3 N–H and O–H groups in total. The largest absolute Gasteiger partial charge is 0.412 e. The highest BCUT2D eigenvalue weighted by molar-refractivity contribution is 6.35. The van der Waals surface area contributed by atoms with Gasteiger partial charge in [-0.15, -0.1) is 0 Å². The van der Waals surface area contributed by atoms with E-state index in [0.717, 1.165) is 42.8 Å². The van der Waals surface area contributed by atoms with Gasteiger partial charge in [-0.25, -0.2) is 24.4 Å². The Balaban J connectivity index is 0.000000199. The summed E-state index contributed by atoms with van der Waals surface area (Å²) in [6.45, 7) is 7.30. The van der Waals surface area contributed by atoms with Crippen LogP contribution in [0.5, 0.6) is 5.75 Å². The fraction of sp³-hybridized carbons (Fsp3) is 0.442. The zero-order valence-corrected chi connectivity index (χ0v) is 36.8. The predicted octanol–water partition coefficient (Wildman–Crippen LogP) is 8.88. The van der Waals surface area contributed by atoms with Crippen LogP contribution in [0.3, 0.4) is 0 Å². The Morgan fingerprint density at radius 2 is 1.69 bits per heavy atom. The highest BCUT2D eigenvalue weighted by Crippen LogP contribution is 2.47. The number of rotatable bonds is 14. The Labute approximate surface area is 362 Å². The maximum absolute atomic E-state index is 11.6. The molecule has 6 rings (SSSR count). The highest BCUT2D eigenvalue weighted by atomic mass is 35.5. The van der Waals surface area contributed by atoms with Crippen LogP contribution < -0.4 is 10.1 Å². The van der Waals surface area contributed by atoms with Crippen LogP contribution in [-0.4, -0.2) is 83.8 Å². The van der Waals surface area contributed by atoms with Crippen LogP contribution in [0.15, 0.2) is 97.0 Å². The number of carbonyl (C=O) groups excluding carboxylic acids is 1. The number of nitrogens with zero attached hydrogens (tertiary/aromatic N) is 8. The highest BCUT2D eigenvalue weighted by Gasteiger charge is 2.50. The van der Waals surface area contributed by atoms with Crippen LogP contribution in [0.25, 0.3) is 0 Å². The summed E-state index contributed by atoms with van der Waals surface area (Å²) in [5, 5.41) is 35.0. The summed E-state index contributed by atoms with van der Waals surface area (Å²) in [6, 6.07) is 20.1. The van der Waals surface area contributed by atoms with Crippen LogP contribution in [0, 0.1) is 17.8 Å². The first kappa shape index (κ1) is 47.2. The van der Waals surface area contributed by atoms with Gasteiger partial charge in [-0.1, -0.05) is 92.7 Å². The van der Waals surface area contributed by atoms with Gasteiger partial charge in [0.1, 0.15) is 36.7 Å². The molecular weight excluding hydrogens is 813 g/mol. The zero-order valence-electron chi connectivity index (χ0n) is 34.5. The second kappa shape index (κ2) is 22.7. The fourth-order valence-corrected chi connectivity index (χ4v) is 7.99. The maximum Gasteiger partial charge on any atom is 0.412 e. The number of halogens is 3. The van der Waals surface area contributed by atoms with Crippen molar-refractivity contribution in [1.82, 2.24) is 39.7 Å². The van der Waals surface area contributed by atoms with Gasteiger partial charge in [0.15, 0.2) is 0 Å². The molecule has 1 amide bonds. The number of hydrogen-bond donors (Lipinski definition) is 3. The van der Waals surface area contributed by atoms with Gasteiger partial charge in [-0.3, -0.25) is 4.68 Å². The Kier molecular flexibility index (Phi) is 18.2. The molecule has 0 bridgehead atoms. The molecule has 0 aliphatic heterocycles. The Hall–Kier alpha value is -4.53. The third kappa shape index (κ3) is 14.3. The van der Waals surface area contributed by atoms with Crippen molar-refractivity contribution in [3.63, 3.8) is 0 Å². The molecule has 1 saturated carbocycles. The molecular formula is C43H56Cl3N9O4. The van der Waals surface area contributed by atoms with E-state index in [9.17, 15) is 15.0 Å². The number of benzene rings is 3. The number of unbranched alkanes of at least 4 members (excludes halogenated alkanes) is 1. The summed E-state index contributed by atoms with van der Waals surface area (Å²) in [4.78, 5) is 24.9. The molecule has 4 unspecified atom stereocenters. The van der Waals surface area contributed by atoms with Crippen molar-refractivity contribution in [2.75, 3.05) is 21.1 Å². The Morgan fingerprint density at radius 1 is 1.02 bits per heavy atom. The van der Waals surface area contributed by atoms with E-state index in [1.165, 1.54) is 25.3 Å². The van der Waals surface area contributed by atoms with Gasteiger partial charge in [0.25, 0.3) is 0 Å². The van der Waals surface area contributed by atoms with E-state index >= 15 is 0 Å². The van der Waals surface area contributed by atoms with Gasteiger partial charge in [-0.2, -0.15) is 10.2 Å². The summed E-state index contributed by atoms with van der Waals surface area (Å²) >= 11 is 18.1. The summed E-state index contributed by atoms with van der Waals surface area (Å²) in [7, 11) is 5.28. The molecule has 1 aliphatic rings. The molecule has 1 fully saturated rings. The quantitative estimate of drug-likeness (QED) is 0.0733. The molecule has 0 radical (unpaired) electrons. The third-order valence-electron chi connectivity index (χ3n) is 10.2. The van der Waals surface area contributed by atoms with Crippen molar-refractivity contribution in [3.8, 4) is 5.75 Å². The average Bonchev–Trinajstić information content (AvgIpc) is 3.98. The molecule has 16 heteroatoms. The molecule has 4 atom stereocenters. The van der Waals surface area contributed by atoms with E-state index in [1.807, 2.05) is 37.2 Å². The predicted molar refractivity (Wildman–Crippen MR) is 234 cm³/mol. The summed E-state index contributed by atoms with van der Waals surface area (Å²) in [5.41, 5.74) is 0.802. The normalized spacial score (nSPS) is 18.4. The van der Waals surface area contributed by atoms with Crippen molar-refractivity contribution in [1.29, 1.82) is 0 Å². The number of aliphatic imine (C=N–C) groups is 1. The second-order valence-corrected chi connectivity index (χ2v) is 16.5. The van der Waals surface area contributed by atoms with Gasteiger partial charge in [0, 0.05) is 47.8 Å². The minimum absolute atomic E-state index is 0.222. The van der Waals surface area contributed by atoms with Crippen LogP contribution in [0.4, 0.5) is 10.5 Å². The van der Waals surface area contributed by atoms with Gasteiger partial charge in [0.05, 0.1) is 30.7 Å². The second-order valence-electron chi connectivity index (χ2n) is 15.2. The zero-order chi connectivity index (χ0) is 43.0. The van der Waals surface area contributed by atoms with Crippen LogP contribution >= 0.6 is 34.8 Å². The maximum atomic E-state index is 11.6. The summed E-state index contributed by atoms with van der Waals surface area (Å²) in [5.74, 6) is 1.41. The minimum Gasteiger partial charge on any atom is -0.410 e. The van der Waals surface area contributed by atoms with Gasteiger partial charge in [-0.05, 0) is 85.4 Å². The van der Waals surface area contributed by atoms with Crippen LogP contribution in [0.1, 0.15) is 64.0 Å². The number of nitrogens with one attached hydrogen (secondary N) is 1. The van der Waals surface area contributed by atoms with Gasteiger partial charge >= 0.3 is 6.09 Å². The van der Waals surface area contributed by atoms with E-state index < -0.39 is 17.3 Å². The Bertz CT molecular complexity index is 2030. The first-order valence-electron chi connectivity index (χ1n) is 19.7. The standard InChI is InChI=1S/C18H24ClN3O.C14H17Cl2N3O.C11H15N3O2/c1-13(2)17-8-5-15(9-14-3-6-16(19)7-4-14)18(17,23)10-22-12-20-11-21-22;1-2-3-6-14(20,8-19-10-17-9-18-19)12-5-4-11(15)7-13(12)16;1-12-11(15)16-10-6-4-5-9(7-10)13-8-14(2)3/h3-4,6-7,11-13,15,17,23H,5,8-10H2,1-2H3;4-5,7,9-10,20H,2-3,6,8H2,1H3;4-8H,1-3H3,(H,12,15). The topological polar surface area (TPSA) is 156 Å². The minimum atomic E-state index is -1.08. The molecule has 0 saturated heterocycles. The van der Waals surface area contributed by atoms with Crippen LogP contribution in [-0.2, 0) is 25.1 Å². The van der Waals surface area contributed by atoms with Crippen molar-refractivity contribution < 1.29 is 19.7 Å². The molecule has 318 valence electrons. The lowest BCUT2D eigenvalue weighted by molar-refractivity contribution is -0.0667. The van der Waals surface area contributed by atoms with E-state index in [-0.39, 0.29) is 11.8 Å². The summed E-state index contributed by atoms with van der Waals surface area (Å²) < 4.78 is 8.34. The van der Waals surface area contributed by atoms with Crippen molar-refractivity contribution in [3.05, 3.63) is 118 Å². The molecule has 1 aliphatic carbocycles. The van der Waals surface area contributed by atoms with Crippen molar-refractivity contribution in [2.24, 2.45) is 22.7 Å². The lowest BCUT2D eigenvalue weighted by atomic mass is 9.76. The van der Waals surface area contributed by atoms with Crippen LogP contribution in [0.2, 0.25) is 15.1 Å². The molecule has 0 spiro atoms.